The van der Waals surface area contributed by atoms with Gasteiger partial charge in [-0.05, 0) is 27.6 Å². The monoisotopic (exact) mass is 352 g/mol. The SMILES string of the molecule is COC(=O)c1cc(OCc2ccccc2)c(O)c(O)c1Br. The first-order valence-electron chi connectivity index (χ1n) is 6.04. The van der Waals surface area contributed by atoms with E-state index in [9.17, 15) is 15.0 Å². The predicted molar refractivity (Wildman–Crippen MR) is 79.6 cm³/mol. The van der Waals surface area contributed by atoms with Gasteiger partial charge in [0, 0.05) is 0 Å². The molecule has 2 aromatic carbocycles. The summed E-state index contributed by atoms with van der Waals surface area (Å²) in [5, 5.41) is 19.7. The van der Waals surface area contributed by atoms with Crippen LogP contribution in [0, 0.1) is 0 Å². The van der Waals surface area contributed by atoms with Crippen LogP contribution in [0.25, 0.3) is 0 Å². The topological polar surface area (TPSA) is 76.0 Å². The van der Waals surface area contributed by atoms with Crippen molar-refractivity contribution in [3.8, 4) is 17.2 Å². The number of carbonyl (C=O) groups excluding carboxylic acids is 1. The molecule has 0 saturated carbocycles. The van der Waals surface area contributed by atoms with E-state index in [-0.39, 0.29) is 22.4 Å². The lowest BCUT2D eigenvalue weighted by Gasteiger charge is -2.12. The highest BCUT2D eigenvalue weighted by molar-refractivity contribution is 9.10. The zero-order valence-corrected chi connectivity index (χ0v) is 12.8. The van der Waals surface area contributed by atoms with Gasteiger partial charge in [0.1, 0.15) is 6.61 Å². The number of rotatable bonds is 4. The maximum absolute atomic E-state index is 11.6. The molecule has 0 heterocycles. The summed E-state index contributed by atoms with van der Waals surface area (Å²) >= 11 is 3.04. The van der Waals surface area contributed by atoms with Crippen LogP contribution >= 0.6 is 15.9 Å². The van der Waals surface area contributed by atoms with Crippen LogP contribution in [0.3, 0.4) is 0 Å². The summed E-state index contributed by atoms with van der Waals surface area (Å²) in [6.45, 7) is 0.191. The normalized spacial score (nSPS) is 10.2. The van der Waals surface area contributed by atoms with Crippen molar-refractivity contribution in [2.45, 2.75) is 6.61 Å². The first-order chi connectivity index (χ1) is 10.0. The van der Waals surface area contributed by atoms with E-state index in [1.165, 1.54) is 13.2 Å². The Morgan fingerprint density at radius 1 is 1.19 bits per heavy atom. The minimum absolute atomic E-state index is 0.0000435. The highest BCUT2D eigenvalue weighted by Gasteiger charge is 2.21. The Bertz CT molecular complexity index is 655. The van der Waals surface area contributed by atoms with Crippen molar-refractivity contribution in [3.63, 3.8) is 0 Å². The van der Waals surface area contributed by atoms with Gasteiger partial charge in [-0.25, -0.2) is 4.79 Å². The van der Waals surface area contributed by atoms with E-state index in [2.05, 4.69) is 20.7 Å². The molecule has 0 aliphatic carbocycles. The van der Waals surface area contributed by atoms with Crippen molar-refractivity contribution in [1.29, 1.82) is 0 Å². The number of carbonyl (C=O) groups is 1. The van der Waals surface area contributed by atoms with Crippen LogP contribution in [0.5, 0.6) is 17.2 Å². The minimum atomic E-state index is -0.651. The third-order valence-corrected chi connectivity index (χ3v) is 3.62. The van der Waals surface area contributed by atoms with Crippen LogP contribution in [0.1, 0.15) is 15.9 Å². The number of ether oxygens (including phenoxy) is 2. The molecule has 21 heavy (non-hydrogen) atoms. The summed E-state index contributed by atoms with van der Waals surface area (Å²) in [6.07, 6.45) is 0. The van der Waals surface area contributed by atoms with E-state index in [0.29, 0.717) is 0 Å². The molecule has 0 unspecified atom stereocenters. The first kappa shape index (κ1) is 15.2. The Labute approximate surface area is 129 Å². The van der Waals surface area contributed by atoms with E-state index >= 15 is 0 Å². The first-order valence-corrected chi connectivity index (χ1v) is 6.83. The van der Waals surface area contributed by atoms with Crippen LogP contribution < -0.4 is 4.74 Å². The number of halogens is 1. The van der Waals surface area contributed by atoms with E-state index < -0.39 is 17.5 Å². The van der Waals surface area contributed by atoms with Crippen molar-refractivity contribution in [3.05, 3.63) is 52.0 Å². The molecule has 6 heteroatoms. The molecule has 0 aliphatic rings. The molecule has 110 valence electrons. The van der Waals surface area contributed by atoms with Crippen molar-refractivity contribution >= 4 is 21.9 Å². The van der Waals surface area contributed by atoms with Gasteiger partial charge >= 0.3 is 5.97 Å². The molecule has 0 saturated heterocycles. The smallest absolute Gasteiger partial charge is 0.339 e. The summed E-state index contributed by atoms with van der Waals surface area (Å²) in [5.41, 5.74) is 0.954. The van der Waals surface area contributed by atoms with Gasteiger partial charge in [0.25, 0.3) is 0 Å². The zero-order chi connectivity index (χ0) is 15.4. The average Bonchev–Trinajstić information content (AvgIpc) is 2.52. The number of aromatic hydroxyl groups is 2. The number of hydrogen-bond donors (Lipinski definition) is 2. The molecule has 0 aliphatic heterocycles. The predicted octanol–water partition coefficient (Wildman–Crippen LogP) is 3.23. The third kappa shape index (κ3) is 3.28. The van der Waals surface area contributed by atoms with Crippen LogP contribution in [0.15, 0.2) is 40.9 Å². The van der Waals surface area contributed by atoms with E-state index in [0.717, 1.165) is 5.56 Å². The highest BCUT2D eigenvalue weighted by Crippen LogP contribution is 2.43. The number of benzene rings is 2. The van der Waals surface area contributed by atoms with Gasteiger partial charge < -0.3 is 19.7 Å². The van der Waals surface area contributed by atoms with Gasteiger partial charge in [-0.2, -0.15) is 0 Å². The average molecular weight is 353 g/mol. The molecule has 2 rings (SSSR count). The van der Waals surface area contributed by atoms with Crippen LogP contribution in [0.2, 0.25) is 0 Å². The lowest BCUT2D eigenvalue weighted by molar-refractivity contribution is 0.0598. The molecular weight excluding hydrogens is 340 g/mol. The van der Waals surface area contributed by atoms with Crippen LogP contribution in [-0.4, -0.2) is 23.3 Å². The third-order valence-electron chi connectivity index (χ3n) is 2.82. The molecule has 0 amide bonds. The highest BCUT2D eigenvalue weighted by atomic mass is 79.9. The molecule has 5 nitrogen and oxygen atoms in total. The second kappa shape index (κ2) is 6.49. The number of methoxy groups -OCH3 is 1. The van der Waals surface area contributed by atoms with Gasteiger partial charge in [-0.3, -0.25) is 0 Å². The molecule has 0 atom stereocenters. The largest absolute Gasteiger partial charge is 0.503 e. The Kier molecular flexibility index (Phi) is 4.70. The van der Waals surface area contributed by atoms with Crippen LogP contribution in [0.4, 0.5) is 0 Å². The number of hydrogen-bond acceptors (Lipinski definition) is 5. The van der Waals surface area contributed by atoms with E-state index in [4.69, 9.17) is 4.74 Å². The minimum Gasteiger partial charge on any atom is -0.503 e. The molecule has 0 radical (unpaired) electrons. The lowest BCUT2D eigenvalue weighted by atomic mass is 10.2. The summed E-state index contributed by atoms with van der Waals surface area (Å²) in [4.78, 5) is 11.6. The lowest BCUT2D eigenvalue weighted by Crippen LogP contribution is -2.04. The molecule has 2 N–H and O–H groups in total. The van der Waals surface area contributed by atoms with Crippen molar-refractivity contribution in [2.24, 2.45) is 0 Å². The Hall–Kier alpha value is -2.21. The second-order valence-electron chi connectivity index (χ2n) is 4.20. The van der Waals surface area contributed by atoms with E-state index in [1.807, 2.05) is 30.3 Å². The van der Waals surface area contributed by atoms with Gasteiger partial charge in [-0.1, -0.05) is 30.3 Å². The Balaban J connectivity index is 2.31. The number of esters is 1. The fourth-order valence-corrected chi connectivity index (χ4v) is 2.18. The number of phenols is 2. The van der Waals surface area contributed by atoms with Gasteiger partial charge in [0.2, 0.25) is 5.75 Å². The molecule has 0 spiro atoms. The number of phenolic OH excluding ortho intramolecular Hbond substituents is 2. The van der Waals surface area contributed by atoms with Crippen molar-refractivity contribution in [2.75, 3.05) is 7.11 Å². The second-order valence-corrected chi connectivity index (χ2v) is 4.99. The van der Waals surface area contributed by atoms with E-state index in [1.54, 1.807) is 0 Å². The summed E-state index contributed by atoms with van der Waals surface area (Å²) in [5.74, 6) is -1.56. The molecular formula is C15H13BrO5. The molecule has 2 aromatic rings. The molecule has 0 bridgehead atoms. The maximum atomic E-state index is 11.6. The van der Waals surface area contributed by atoms with Gasteiger partial charge in [0.05, 0.1) is 17.1 Å². The summed E-state index contributed by atoms with van der Waals surface area (Å²) < 4.78 is 10.1. The zero-order valence-electron chi connectivity index (χ0n) is 11.2. The Morgan fingerprint density at radius 3 is 2.48 bits per heavy atom. The van der Waals surface area contributed by atoms with Crippen LogP contribution in [-0.2, 0) is 11.3 Å². The fraction of sp³-hybridized carbons (Fsp3) is 0.133. The summed E-state index contributed by atoms with van der Waals surface area (Å²) in [6, 6.07) is 10.6. The standard InChI is InChI=1S/C15H13BrO5/c1-20-15(19)10-7-11(13(17)14(18)12(10)16)21-8-9-5-3-2-4-6-9/h2-7,17-18H,8H2,1H3. The molecule has 0 aromatic heterocycles. The van der Waals surface area contributed by atoms with Crippen molar-refractivity contribution in [1.82, 2.24) is 0 Å². The van der Waals surface area contributed by atoms with Gasteiger partial charge in [-0.15, -0.1) is 0 Å². The molecule has 0 fully saturated rings. The summed E-state index contributed by atoms with van der Waals surface area (Å²) in [7, 11) is 1.23. The maximum Gasteiger partial charge on any atom is 0.339 e. The van der Waals surface area contributed by atoms with Gasteiger partial charge in [0.15, 0.2) is 11.5 Å². The fourth-order valence-electron chi connectivity index (χ4n) is 1.71. The van der Waals surface area contributed by atoms with Crippen molar-refractivity contribution < 1.29 is 24.5 Å². The Morgan fingerprint density at radius 2 is 1.86 bits per heavy atom. The quantitative estimate of drug-likeness (QED) is 0.652.